The van der Waals surface area contributed by atoms with Crippen molar-refractivity contribution >= 4 is 52.2 Å². The van der Waals surface area contributed by atoms with E-state index in [0.717, 1.165) is 16.7 Å². The van der Waals surface area contributed by atoms with Crippen LogP contribution in [0.15, 0.2) is 41.8 Å². The van der Waals surface area contributed by atoms with Crippen molar-refractivity contribution in [2.75, 3.05) is 6.61 Å². The van der Waals surface area contributed by atoms with Gasteiger partial charge >= 0.3 is 0 Å². The quantitative estimate of drug-likeness (QED) is 0.323. The van der Waals surface area contributed by atoms with Gasteiger partial charge in [-0.1, -0.05) is 48.8 Å². The summed E-state index contributed by atoms with van der Waals surface area (Å²) in [5.74, 6) is -2.96. The average Bonchev–Trinajstić information content (AvgIpc) is 2.88. The highest BCUT2D eigenvalue weighted by atomic mass is 32.2. The third-order valence-corrected chi connectivity index (χ3v) is 4.91. The number of nitrogens with zero attached hydrogens (tertiary/aromatic N) is 1. The molecule has 7 nitrogen and oxygen atoms in total. The average molecular weight is 405 g/mol. The van der Waals surface area contributed by atoms with Gasteiger partial charge in [0, 0.05) is 5.97 Å². The van der Waals surface area contributed by atoms with Crippen LogP contribution in [0.5, 0.6) is 5.75 Å². The van der Waals surface area contributed by atoms with E-state index in [1.165, 1.54) is 0 Å². The molecular weight excluding hydrogens is 390 g/mol. The van der Waals surface area contributed by atoms with Crippen LogP contribution in [0.2, 0.25) is 0 Å². The highest BCUT2D eigenvalue weighted by Gasteiger charge is 2.37. The largest absolute Gasteiger partial charge is 0.550 e. The summed E-state index contributed by atoms with van der Waals surface area (Å²) < 4.78 is 5.41. The summed E-state index contributed by atoms with van der Waals surface area (Å²) in [4.78, 5) is 35.7. The molecule has 0 spiro atoms. The number of amides is 1. The fraction of sp³-hybridized carbons (Fsp3) is 0.222. The molecule has 1 aromatic rings. The molecule has 0 saturated carbocycles. The van der Waals surface area contributed by atoms with Gasteiger partial charge in [0.05, 0.1) is 16.9 Å². The van der Waals surface area contributed by atoms with Crippen LogP contribution in [0.3, 0.4) is 0 Å². The second-order valence-electron chi connectivity index (χ2n) is 5.47. The molecule has 0 aliphatic carbocycles. The number of carboxylic acids is 2. The maximum atomic E-state index is 12.6. The fourth-order valence-corrected chi connectivity index (χ4v) is 3.68. The van der Waals surface area contributed by atoms with Crippen LogP contribution in [-0.2, 0) is 14.4 Å². The molecule has 0 N–H and O–H groups in total. The van der Waals surface area contributed by atoms with E-state index in [9.17, 15) is 24.6 Å². The van der Waals surface area contributed by atoms with Gasteiger partial charge in [-0.2, -0.15) is 0 Å². The van der Waals surface area contributed by atoms with Crippen molar-refractivity contribution in [3.63, 3.8) is 0 Å². The number of carbonyl (C=O) groups excluding carboxylic acids is 3. The van der Waals surface area contributed by atoms with Crippen LogP contribution >= 0.6 is 24.0 Å². The summed E-state index contributed by atoms with van der Waals surface area (Å²) in [6.45, 7) is 3.93. The summed E-state index contributed by atoms with van der Waals surface area (Å²) >= 11 is 6.04. The van der Waals surface area contributed by atoms with Gasteiger partial charge in [-0.3, -0.25) is 9.69 Å². The number of hydrogen-bond donors (Lipinski definition) is 0. The smallest absolute Gasteiger partial charge is 0.266 e. The highest BCUT2D eigenvalue weighted by molar-refractivity contribution is 8.26. The molecule has 2 rings (SSSR count). The zero-order valence-corrected chi connectivity index (χ0v) is 15.7. The Balaban J connectivity index is 2.18. The van der Waals surface area contributed by atoms with E-state index < -0.39 is 30.3 Å². The second-order valence-corrected chi connectivity index (χ2v) is 7.14. The molecule has 1 saturated heterocycles. The molecule has 1 aliphatic heterocycles. The molecule has 0 aromatic heterocycles. The van der Waals surface area contributed by atoms with Crippen molar-refractivity contribution in [1.82, 2.24) is 4.90 Å². The molecule has 1 amide bonds. The topological polar surface area (TPSA) is 110 Å². The molecule has 1 heterocycles. The summed E-state index contributed by atoms with van der Waals surface area (Å²) in [7, 11) is 0. The Kier molecular flexibility index (Phi) is 7.14. The Morgan fingerprint density at radius 3 is 2.52 bits per heavy atom. The Labute approximate surface area is 165 Å². The van der Waals surface area contributed by atoms with Crippen LogP contribution in [0.25, 0.3) is 6.08 Å². The van der Waals surface area contributed by atoms with Crippen molar-refractivity contribution in [2.45, 2.75) is 18.9 Å². The first-order chi connectivity index (χ1) is 12.8. The van der Waals surface area contributed by atoms with Crippen LogP contribution in [0.4, 0.5) is 0 Å². The van der Waals surface area contributed by atoms with Crippen LogP contribution in [0.1, 0.15) is 18.4 Å². The summed E-state index contributed by atoms with van der Waals surface area (Å²) in [6, 6.07) is 5.45. The van der Waals surface area contributed by atoms with Crippen LogP contribution in [0, 0.1) is 0 Å². The van der Waals surface area contributed by atoms with Gasteiger partial charge in [-0.15, -0.1) is 0 Å². The third-order valence-electron chi connectivity index (χ3n) is 3.57. The Hall–Kier alpha value is -2.65. The molecule has 1 aromatic carbocycles. The normalized spacial score (nSPS) is 16.4. The minimum absolute atomic E-state index is 0.0322. The van der Waals surface area contributed by atoms with Gasteiger partial charge in [-0.25, -0.2) is 0 Å². The van der Waals surface area contributed by atoms with Crippen molar-refractivity contribution in [1.29, 1.82) is 0 Å². The van der Waals surface area contributed by atoms with Gasteiger partial charge in [0.15, 0.2) is 0 Å². The van der Waals surface area contributed by atoms with E-state index in [-0.39, 0.29) is 15.6 Å². The number of aliphatic carboxylic acids is 2. The third kappa shape index (κ3) is 5.41. The Bertz CT molecular complexity index is 803. The van der Waals surface area contributed by atoms with Gasteiger partial charge in [-0.05, 0) is 36.6 Å². The van der Waals surface area contributed by atoms with E-state index in [0.29, 0.717) is 17.9 Å². The van der Waals surface area contributed by atoms with Gasteiger partial charge in [0.1, 0.15) is 16.7 Å². The van der Waals surface area contributed by atoms with Crippen molar-refractivity contribution < 1.29 is 29.3 Å². The minimum Gasteiger partial charge on any atom is -0.550 e. The van der Waals surface area contributed by atoms with Crippen LogP contribution in [-0.4, -0.2) is 39.7 Å². The number of thioether (sulfide) groups is 1. The fourth-order valence-electron chi connectivity index (χ4n) is 2.32. The SMILES string of the molecule is C=CCOc1ccc(/C=C2/SC(=S)N([C@@H](CCC(=O)[O-])C(=O)[O-])C2=O)cc1. The standard InChI is InChI=1S/C18H17NO6S2/c1-2-9-25-12-5-3-11(4-6-12)10-14-16(22)19(18(26)27-14)13(17(23)24)7-8-15(20)21/h2-6,10,13H,1,7-9H2,(H,20,21)(H,23,24)/p-2/b14-10+/t13-/m0/s1. The van der Waals surface area contributed by atoms with Crippen LogP contribution < -0.4 is 14.9 Å². The summed E-state index contributed by atoms with van der Waals surface area (Å²) in [6.07, 6.45) is 2.32. The molecule has 1 fully saturated rings. The summed E-state index contributed by atoms with van der Waals surface area (Å²) in [5, 5.41) is 22.0. The number of benzene rings is 1. The maximum Gasteiger partial charge on any atom is 0.266 e. The van der Waals surface area contributed by atoms with Gasteiger partial charge in [0.25, 0.3) is 5.91 Å². The molecule has 0 bridgehead atoms. The molecule has 142 valence electrons. The van der Waals surface area contributed by atoms with Crippen molar-refractivity contribution in [3.05, 3.63) is 47.4 Å². The Morgan fingerprint density at radius 1 is 1.30 bits per heavy atom. The van der Waals surface area contributed by atoms with E-state index in [1.54, 1.807) is 36.4 Å². The number of carbonyl (C=O) groups is 3. The first-order valence-electron chi connectivity index (χ1n) is 7.85. The van der Waals surface area contributed by atoms with Gasteiger partial charge < -0.3 is 24.5 Å². The van der Waals surface area contributed by atoms with Crippen molar-refractivity contribution in [3.8, 4) is 5.75 Å². The maximum absolute atomic E-state index is 12.6. The number of hydrogen-bond acceptors (Lipinski definition) is 8. The first kappa shape index (κ1) is 20.7. The highest BCUT2D eigenvalue weighted by Crippen LogP contribution is 2.34. The predicted octanol–water partition coefficient (Wildman–Crippen LogP) is 0.101. The molecule has 9 heteroatoms. The first-order valence-corrected chi connectivity index (χ1v) is 9.07. The lowest BCUT2D eigenvalue weighted by molar-refractivity contribution is -0.311. The second kappa shape index (κ2) is 9.33. The van der Waals surface area contributed by atoms with E-state index in [4.69, 9.17) is 17.0 Å². The molecule has 1 aliphatic rings. The van der Waals surface area contributed by atoms with E-state index >= 15 is 0 Å². The minimum atomic E-state index is -1.57. The molecule has 1 atom stereocenters. The lowest BCUT2D eigenvalue weighted by Crippen LogP contribution is -2.50. The zero-order valence-electron chi connectivity index (χ0n) is 14.1. The van der Waals surface area contributed by atoms with E-state index in [1.807, 2.05) is 0 Å². The number of carboxylic acid groups (broad SMARTS) is 2. The molecule has 27 heavy (non-hydrogen) atoms. The lowest BCUT2D eigenvalue weighted by atomic mass is 10.1. The predicted molar refractivity (Wildman–Crippen MR) is 100 cm³/mol. The zero-order chi connectivity index (χ0) is 20.0. The number of ether oxygens (including phenoxy) is 1. The summed E-state index contributed by atoms with van der Waals surface area (Å²) in [5.41, 5.74) is 0.696. The molecular formula is C18H15NO6S2-2. The van der Waals surface area contributed by atoms with Gasteiger partial charge in [0.2, 0.25) is 0 Å². The number of thiocarbonyl (C=S) groups is 1. The molecule has 0 radical (unpaired) electrons. The Morgan fingerprint density at radius 2 is 1.96 bits per heavy atom. The lowest BCUT2D eigenvalue weighted by Gasteiger charge is -2.27. The molecule has 0 unspecified atom stereocenters. The van der Waals surface area contributed by atoms with E-state index in [2.05, 4.69) is 6.58 Å². The van der Waals surface area contributed by atoms with Crippen molar-refractivity contribution in [2.24, 2.45) is 0 Å². The number of rotatable bonds is 9. The monoisotopic (exact) mass is 405 g/mol.